The first kappa shape index (κ1) is 18.8. The van der Waals surface area contributed by atoms with Crippen LogP contribution in [-0.2, 0) is 22.6 Å². The summed E-state index contributed by atoms with van der Waals surface area (Å²) in [6.07, 6.45) is 0.351. The number of aryl methyl sites for hydroxylation is 1. The lowest BCUT2D eigenvalue weighted by atomic mass is 10.1. The van der Waals surface area contributed by atoms with Crippen molar-refractivity contribution < 1.29 is 19.1 Å². The van der Waals surface area contributed by atoms with Gasteiger partial charge in [0, 0.05) is 30.3 Å². The highest BCUT2D eigenvalue weighted by Gasteiger charge is 2.26. The molecule has 1 unspecified atom stereocenters. The molecule has 0 saturated heterocycles. The van der Waals surface area contributed by atoms with Gasteiger partial charge in [-0.05, 0) is 23.9 Å². The average Bonchev–Trinajstić information content (AvgIpc) is 3.35. The van der Waals surface area contributed by atoms with E-state index in [0.29, 0.717) is 11.8 Å². The Balaban J connectivity index is 1.66. The van der Waals surface area contributed by atoms with E-state index in [9.17, 15) is 14.7 Å². The zero-order chi connectivity index (χ0) is 19.2. The van der Waals surface area contributed by atoms with Crippen molar-refractivity contribution in [2.75, 3.05) is 0 Å². The molecule has 0 aliphatic rings. The lowest BCUT2D eigenvalue weighted by Gasteiger charge is -2.26. The number of nitrogens with zero attached hydrogens (tertiary/aromatic N) is 3. The van der Waals surface area contributed by atoms with E-state index >= 15 is 0 Å². The molecule has 1 aromatic carbocycles. The number of benzene rings is 1. The van der Waals surface area contributed by atoms with Gasteiger partial charge < -0.3 is 14.4 Å². The maximum absolute atomic E-state index is 12.7. The number of aliphatic carboxylic acids is 1. The number of carboxylic acid groups (broad SMARTS) is 1. The number of carbonyl (C=O) groups is 2. The third-order valence-electron chi connectivity index (χ3n) is 4.13. The van der Waals surface area contributed by atoms with Gasteiger partial charge in [0.15, 0.2) is 0 Å². The first-order valence-electron chi connectivity index (χ1n) is 8.45. The van der Waals surface area contributed by atoms with E-state index in [-0.39, 0.29) is 25.3 Å². The summed E-state index contributed by atoms with van der Waals surface area (Å²) in [6.45, 7) is 1.74. The van der Waals surface area contributed by atoms with Crippen LogP contribution < -0.4 is 0 Å². The number of hydrogen-bond donors (Lipinski definition) is 1. The van der Waals surface area contributed by atoms with Crippen molar-refractivity contribution in [1.82, 2.24) is 15.1 Å². The Morgan fingerprint density at radius 1 is 1.22 bits per heavy atom. The van der Waals surface area contributed by atoms with Crippen LogP contribution >= 0.6 is 11.3 Å². The predicted octanol–water partition coefficient (Wildman–Crippen LogP) is 3.23. The number of carboxylic acids is 1. The molecule has 3 rings (SSSR count). The Labute approximate surface area is 160 Å². The van der Waals surface area contributed by atoms with Crippen molar-refractivity contribution in [1.29, 1.82) is 0 Å². The van der Waals surface area contributed by atoms with E-state index in [1.165, 1.54) is 23.2 Å². The highest BCUT2D eigenvalue weighted by molar-refractivity contribution is 7.08. The van der Waals surface area contributed by atoms with Crippen LogP contribution in [0.1, 0.15) is 24.8 Å². The molecule has 8 heteroatoms. The molecular formula is C19H19N3O4S. The molecule has 0 spiro atoms. The van der Waals surface area contributed by atoms with Crippen LogP contribution in [0.2, 0.25) is 0 Å². The zero-order valence-electron chi connectivity index (χ0n) is 14.7. The molecule has 2 aromatic heterocycles. The number of rotatable bonds is 8. The maximum Gasteiger partial charge on any atom is 0.326 e. The molecule has 3 aromatic rings. The SMILES string of the molecule is CC(C(=O)O)N(Cc1ccccc1)C(=O)CCc1nnc(-c2ccsc2)o1. The summed E-state index contributed by atoms with van der Waals surface area (Å²) in [4.78, 5) is 25.4. The molecule has 7 nitrogen and oxygen atoms in total. The molecule has 0 saturated carbocycles. The molecular weight excluding hydrogens is 366 g/mol. The Bertz CT molecular complexity index is 893. The number of aromatic nitrogens is 2. The number of thiophene rings is 1. The summed E-state index contributed by atoms with van der Waals surface area (Å²) < 4.78 is 5.58. The third-order valence-corrected chi connectivity index (χ3v) is 4.81. The highest BCUT2D eigenvalue weighted by Crippen LogP contribution is 2.21. The van der Waals surface area contributed by atoms with Crippen LogP contribution in [-0.4, -0.2) is 38.1 Å². The minimum Gasteiger partial charge on any atom is -0.480 e. The lowest BCUT2D eigenvalue weighted by molar-refractivity contribution is -0.150. The second-order valence-electron chi connectivity index (χ2n) is 6.03. The smallest absolute Gasteiger partial charge is 0.326 e. The van der Waals surface area contributed by atoms with Gasteiger partial charge >= 0.3 is 5.97 Å². The van der Waals surface area contributed by atoms with Gasteiger partial charge in [0.2, 0.25) is 17.7 Å². The molecule has 2 heterocycles. The quantitative estimate of drug-likeness (QED) is 0.639. The maximum atomic E-state index is 12.7. The van der Waals surface area contributed by atoms with Crippen LogP contribution in [0.25, 0.3) is 11.5 Å². The Hall–Kier alpha value is -3.00. The van der Waals surface area contributed by atoms with Crippen molar-refractivity contribution >= 4 is 23.2 Å². The first-order valence-corrected chi connectivity index (χ1v) is 9.40. The van der Waals surface area contributed by atoms with Crippen LogP contribution in [0.15, 0.2) is 51.6 Å². The highest BCUT2D eigenvalue weighted by atomic mass is 32.1. The molecule has 0 aliphatic carbocycles. The van der Waals surface area contributed by atoms with Gasteiger partial charge in [-0.15, -0.1) is 10.2 Å². The lowest BCUT2D eigenvalue weighted by Crippen LogP contribution is -2.42. The summed E-state index contributed by atoms with van der Waals surface area (Å²) in [5, 5.41) is 21.1. The second-order valence-corrected chi connectivity index (χ2v) is 6.81. The van der Waals surface area contributed by atoms with Crippen molar-refractivity contribution in [3.05, 3.63) is 58.6 Å². The standard InChI is InChI=1S/C19H19N3O4S/c1-13(19(24)25)22(11-14-5-3-2-4-6-14)17(23)8-7-16-20-21-18(26-16)15-9-10-27-12-15/h2-6,9-10,12-13H,7-8,11H2,1H3,(H,24,25). The predicted molar refractivity (Wildman–Crippen MR) is 100 cm³/mol. The fourth-order valence-corrected chi connectivity index (χ4v) is 3.20. The van der Waals surface area contributed by atoms with Gasteiger partial charge in [-0.25, -0.2) is 4.79 Å². The van der Waals surface area contributed by atoms with E-state index in [4.69, 9.17) is 4.42 Å². The largest absolute Gasteiger partial charge is 0.480 e. The van der Waals surface area contributed by atoms with Crippen LogP contribution in [0, 0.1) is 0 Å². The van der Waals surface area contributed by atoms with Crippen molar-refractivity contribution in [2.24, 2.45) is 0 Å². The van der Waals surface area contributed by atoms with Crippen LogP contribution in [0.4, 0.5) is 0 Å². The molecule has 27 heavy (non-hydrogen) atoms. The summed E-state index contributed by atoms with van der Waals surface area (Å²) >= 11 is 1.53. The van der Waals surface area contributed by atoms with E-state index in [1.54, 1.807) is 0 Å². The number of hydrogen-bond acceptors (Lipinski definition) is 6. The van der Waals surface area contributed by atoms with Crippen molar-refractivity contribution in [2.45, 2.75) is 32.4 Å². The molecule has 1 N–H and O–H groups in total. The monoisotopic (exact) mass is 385 g/mol. The third kappa shape index (κ3) is 4.79. The number of carbonyl (C=O) groups excluding carboxylic acids is 1. The topological polar surface area (TPSA) is 96.5 Å². The molecule has 0 radical (unpaired) electrons. The van der Waals surface area contributed by atoms with Crippen LogP contribution in [0.5, 0.6) is 0 Å². The van der Waals surface area contributed by atoms with E-state index in [2.05, 4.69) is 10.2 Å². The van der Waals surface area contributed by atoms with Crippen LogP contribution in [0.3, 0.4) is 0 Å². The van der Waals surface area contributed by atoms with Crippen molar-refractivity contribution in [3.63, 3.8) is 0 Å². The summed E-state index contributed by atoms with van der Waals surface area (Å²) in [6, 6.07) is 10.3. The Kier molecular flexibility index (Phi) is 5.97. The molecule has 1 atom stereocenters. The van der Waals surface area contributed by atoms with E-state index < -0.39 is 12.0 Å². The summed E-state index contributed by atoms with van der Waals surface area (Å²) in [5.74, 6) is -0.549. The normalized spacial score (nSPS) is 11.9. The molecule has 0 aliphatic heterocycles. The first-order chi connectivity index (χ1) is 13.0. The van der Waals surface area contributed by atoms with E-state index in [0.717, 1.165) is 11.1 Å². The zero-order valence-corrected chi connectivity index (χ0v) is 15.6. The number of amides is 1. The Morgan fingerprint density at radius 2 is 2.00 bits per heavy atom. The molecule has 0 bridgehead atoms. The fourth-order valence-electron chi connectivity index (χ4n) is 2.57. The summed E-state index contributed by atoms with van der Waals surface area (Å²) in [7, 11) is 0. The minimum atomic E-state index is -1.04. The fraction of sp³-hybridized carbons (Fsp3) is 0.263. The van der Waals surface area contributed by atoms with Gasteiger partial charge in [-0.3, -0.25) is 4.79 Å². The van der Waals surface area contributed by atoms with Crippen molar-refractivity contribution in [3.8, 4) is 11.5 Å². The Morgan fingerprint density at radius 3 is 2.67 bits per heavy atom. The van der Waals surface area contributed by atoms with Gasteiger partial charge in [0.1, 0.15) is 6.04 Å². The summed E-state index contributed by atoms with van der Waals surface area (Å²) in [5.41, 5.74) is 1.71. The van der Waals surface area contributed by atoms with Gasteiger partial charge in [0.05, 0.1) is 0 Å². The molecule has 0 fully saturated rings. The van der Waals surface area contributed by atoms with Gasteiger partial charge in [-0.1, -0.05) is 30.3 Å². The molecule has 140 valence electrons. The average molecular weight is 385 g/mol. The minimum absolute atomic E-state index is 0.0930. The second kappa shape index (κ2) is 8.59. The van der Waals surface area contributed by atoms with Gasteiger partial charge in [0.25, 0.3) is 0 Å². The van der Waals surface area contributed by atoms with E-state index in [1.807, 2.05) is 47.2 Å². The molecule has 1 amide bonds. The van der Waals surface area contributed by atoms with Gasteiger partial charge in [-0.2, -0.15) is 11.3 Å².